The van der Waals surface area contributed by atoms with Crippen LogP contribution in [0.5, 0.6) is 0 Å². The summed E-state index contributed by atoms with van der Waals surface area (Å²) in [7, 11) is 0. The van der Waals surface area contributed by atoms with Crippen LogP contribution in [0.15, 0.2) is 16.5 Å². The van der Waals surface area contributed by atoms with Crippen molar-refractivity contribution in [1.82, 2.24) is 4.90 Å². The number of nitrogens with zero attached hydrogens (tertiary/aromatic N) is 3. The molecule has 7 nitrogen and oxygen atoms in total. The summed E-state index contributed by atoms with van der Waals surface area (Å²) in [5.74, 6) is -0.845. The maximum atomic E-state index is 12.1. The number of furan rings is 1. The van der Waals surface area contributed by atoms with Gasteiger partial charge in [-0.1, -0.05) is 0 Å². The van der Waals surface area contributed by atoms with E-state index in [4.69, 9.17) is 9.68 Å². The van der Waals surface area contributed by atoms with Crippen molar-refractivity contribution in [3.05, 3.63) is 28.0 Å². The summed E-state index contributed by atoms with van der Waals surface area (Å²) < 4.78 is 4.88. The molecule has 0 bridgehead atoms. The van der Waals surface area contributed by atoms with Gasteiger partial charge in [0.25, 0.3) is 5.91 Å². The molecule has 1 aromatic heterocycles. The molecular weight excluding hydrogens is 250 g/mol. The fraction of sp³-hybridized carbons (Fsp3) is 0.500. The van der Waals surface area contributed by atoms with Crippen LogP contribution in [0, 0.1) is 26.9 Å². The number of hydrogen-bond donors (Lipinski definition) is 0. The monoisotopic (exact) mass is 263 g/mol. The first-order valence-electron chi connectivity index (χ1n) is 5.90. The fourth-order valence-electron chi connectivity index (χ4n) is 2.01. The van der Waals surface area contributed by atoms with Gasteiger partial charge >= 0.3 is 5.88 Å². The van der Waals surface area contributed by atoms with Gasteiger partial charge in [0.1, 0.15) is 4.92 Å². The molecule has 1 aromatic rings. The van der Waals surface area contributed by atoms with Gasteiger partial charge in [0.2, 0.25) is 0 Å². The molecular formula is C12H13N3O4. The van der Waals surface area contributed by atoms with E-state index in [2.05, 4.69) is 6.07 Å². The molecule has 0 aromatic carbocycles. The molecule has 1 aliphatic heterocycles. The molecule has 0 unspecified atom stereocenters. The van der Waals surface area contributed by atoms with Crippen LogP contribution in [0.4, 0.5) is 5.88 Å². The normalized spacial score (nSPS) is 17.8. The van der Waals surface area contributed by atoms with E-state index in [1.807, 2.05) is 6.92 Å². The molecule has 0 N–H and O–H groups in total. The highest BCUT2D eigenvalue weighted by Gasteiger charge is 2.33. The van der Waals surface area contributed by atoms with E-state index in [-0.39, 0.29) is 11.7 Å². The summed E-state index contributed by atoms with van der Waals surface area (Å²) in [6.45, 7) is 2.78. The van der Waals surface area contributed by atoms with Gasteiger partial charge in [-0.3, -0.25) is 14.9 Å². The van der Waals surface area contributed by atoms with E-state index in [9.17, 15) is 14.9 Å². The molecule has 0 saturated carbocycles. The third-order valence-corrected chi connectivity index (χ3v) is 3.41. The Labute approximate surface area is 109 Å². The molecule has 7 heteroatoms. The third kappa shape index (κ3) is 2.57. The number of nitro groups is 1. The lowest BCUT2D eigenvalue weighted by Gasteiger charge is -2.34. The standard InChI is InChI=1S/C12H13N3O4/c1-12(8-13)4-6-14(7-5-12)11(16)9-2-3-10(19-9)15(17)18/h2-3H,4-7H2,1H3. The lowest BCUT2D eigenvalue weighted by molar-refractivity contribution is -0.402. The summed E-state index contributed by atoms with van der Waals surface area (Å²) in [6, 6.07) is 4.72. The predicted molar refractivity (Wildman–Crippen MR) is 64.2 cm³/mol. The van der Waals surface area contributed by atoms with Gasteiger partial charge in [-0.2, -0.15) is 5.26 Å². The highest BCUT2D eigenvalue weighted by molar-refractivity contribution is 5.91. The molecule has 1 amide bonds. The Morgan fingerprint density at radius 1 is 1.53 bits per heavy atom. The number of hydrogen-bond acceptors (Lipinski definition) is 5. The average molecular weight is 263 g/mol. The number of nitriles is 1. The molecule has 1 aliphatic rings. The molecule has 0 atom stereocenters. The number of rotatable bonds is 2. The number of piperidine rings is 1. The van der Waals surface area contributed by atoms with Gasteiger partial charge in [0.15, 0.2) is 5.76 Å². The molecule has 19 heavy (non-hydrogen) atoms. The molecule has 0 radical (unpaired) electrons. The van der Waals surface area contributed by atoms with Crippen LogP contribution < -0.4 is 0 Å². The maximum Gasteiger partial charge on any atom is 0.433 e. The third-order valence-electron chi connectivity index (χ3n) is 3.41. The van der Waals surface area contributed by atoms with Gasteiger partial charge in [-0.25, -0.2) is 0 Å². The lowest BCUT2D eigenvalue weighted by atomic mass is 9.82. The summed E-state index contributed by atoms with van der Waals surface area (Å²) in [4.78, 5) is 23.4. The van der Waals surface area contributed by atoms with Crippen molar-refractivity contribution in [2.45, 2.75) is 19.8 Å². The van der Waals surface area contributed by atoms with Crippen LogP contribution in [-0.4, -0.2) is 28.8 Å². The van der Waals surface area contributed by atoms with E-state index >= 15 is 0 Å². The van der Waals surface area contributed by atoms with Crippen LogP contribution in [0.2, 0.25) is 0 Å². The summed E-state index contributed by atoms with van der Waals surface area (Å²) in [5, 5.41) is 19.5. The topological polar surface area (TPSA) is 100 Å². The minimum Gasteiger partial charge on any atom is -0.395 e. The molecule has 100 valence electrons. The van der Waals surface area contributed by atoms with Gasteiger partial charge in [-0.15, -0.1) is 0 Å². The molecule has 2 rings (SSSR count). The lowest BCUT2D eigenvalue weighted by Crippen LogP contribution is -2.41. The van der Waals surface area contributed by atoms with Gasteiger partial charge < -0.3 is 9.32 Å². The first-order valence-corrected chi connectivity index (χ1v) is 5.90. The van der Waals surface area contributed by atoms with Crippen molar-refractivity contribution in [3.63, 3.8) is 0 Å². The highest BCUT2D eigenvalue weighted by atomic mass is 16.6. The van der Waals surface area contributed by atoms with Crippen molar-refractivity contribution in [3.8, 4) is 6.07 Å². The number of carbonyl (C=O) groups is 1. The van der Waals surface area contributed by atoms with Crippen molar-refractivity contribution in [2.24, 2.45) is 5.41 Å². The second kappa shape index (κ2) is 4.72. The van der Waals surface area contributed by atoms with Crippen LogP contribution in [0.25, 0.3) is 0 Å². The van der Waals surface area contributed by atoms with E-state index in [0.717, 1.165) is 6.07 Å². The van der Waals surface area contributed by atoms with Gasteiger partial charge in [-0.05, 0) is 25.8 Å². The zero-order chi connectivity index (χ0) is 14.0. The second-order valence-corrected chi connectivity index (χ2v) is 4.86. The Morgan fingerprint density at radius 3 is 2.63 bits per heavy atom. The van der Waals surface area contributed by atoms with E-state index in [1.165, 1.54) is 6.07 Å². The maximum absolute atomic E-state index is 12.1. The largest absolute Gasteiger partial charge is 0.433 e. The van der Waals surface area contributed by atoms with E-state index in [0.29, 0.717) is 25.9 Å². The molecule has 1 fully saturated rings. The number of carbonyl (C=O) groups excluding carboxylic acids is 1. The number of likely N-dealkylation sites (tertiary alicyclic amines) is 1. The van der Waals surface area contributed by atoms with Gasteiger partial charge in [0, 0.05) is 13.1 Å². The zero-order valence-electron chi connectivity index (χ0n) is 10.5. The summed E-state index contributed by atoms with van der Waals surface area (Å²) in [5.41, 5.74) is -0.397. The van der Waals surface area contributed by atoms with Gasteiger partial charge in [0.05, 0.1) is 17.6 Å². The Morgan fingerprint density at radius 2 is 2.16 bits per heavy atom. The van der Waals surface area contributed by atoms with Crippen LogP contribution in [-0.2, 0) is 0 Å². The van der Waals surface area contributed by atoms with Crippen molar-refractivity contribution in [2.75, 3.05) is 13.1 Å². The Kier molecular flexibility index (Phi) is 3.25. The quantitative estimate of drug-likeness (QED) is 0.599. The van der Waals surface area contributed by atoms with E-state index in [1.54, 1.807) is 4.90 Å². The first kappa shape index (κ1) is 13.1. The Hall–Kier alpha value is -2.36. The average Bonchev–Trinajstić information content (AvgIpc) is 2.88. The summed E-state index contributed by atoms with van der Waals surface area (Å²) >= 11 is 0. The van der Waals surface area contributed by atoms with Crippen molar-refractivity contribution >= 4 is 11.8 Å². The van der Waals surface area contributed by atoms with Crippen LogP contribution in [0.1, 0.15) is 30.3 Å². The minimum absolute atomic E-state index is 0.0349. The number of amides is 1. The van der Waals surface area contributed by atoms with Crippen LogP contribution >= 0.6 is 0 Å². The summed E-state index contributed by atoms with van der Waals surface area (Å²) in [6.07, 6.45) is 1.19. The van der Waals surface area contributed by atoms with Crippen molar-refractivity contribution < 1.29 is 14.1 Å². The van der Waals surface area contributed by atoms with Crippen LogP contribution in [0.3, 0.4) is 0 Å². The van der Waals surface area contributed by atoms with Crippen molar-refractivity contribution in [1.29, 1.82) is 5.26 Å². The predicted octanol–water partition coefficient (Wildman–Crippen LogP) is 1.95. The molecule has 2 heterocycles. The Balaban J connectivity index is 2.05. The zero-order valence-corrected chi connectivity index (χ0v) is 10.5. The van der Waals surface area contributed by atoms with E-state index < -0.39 is 16.2 Å². The Bertz CT molecular complexity index is 550. The second-order valence-electron chi connectivity index (χ2n) is 4.86. The SMILES string of the molecule is CC1(C#N)CCN(C(=O)c2ccc([N+](=O)[O-])o2)CC1. The molecule has 0 spiro atoms. The molecule has 0 aliphatic carbocycles. The first-order chi connectivity index (χ1) is 8.95. The smallest absolute Gasteiger partial charge is 0.395 e. The fourth-order valence-corrected chi connectivity index (χ4v) is 2.01. The molecule has 1 saturated heterocycles. The minimum atomic E-state index is -0.681. The highest BCUT2D eigenvalue weighted by Crippen LogP contribution is 2.30.